The van der Waals surface area contributed by atoms with Gasteiger partial charge in [0.1, 0.15) is 0 Å². The van der Waals surface area contributed by atoms with Crippen molar-refractivity contribution in [1.29, 1.82) is 0 Å². The first-order valence-corrected chi connectivity index (χ1v) is 8.88. The van der Waals surface area contributed by atoms with Crippen molar-refractivity contribution in [3.63, 3.8) is 0 Å². The zero-order valence-electron chi connectivity index (χ0n) is 12.0. The van der Waals surface area contributed by atoms with Gasteiger partial charge in [0.2, 0.25) is 5.04 Å². The lowest BCUT2D eigenvalue weighted by atomic mass is 10.2. The smallest absolute Gasteiger partial charge is 0.339 e. The average Bonchev–Trinajstić information content (AvgIpc) is 2.48. The maximum atomic E-state index is 11.8. The minimum Gasteiger partial charge on any atom is -0.339 e. The van der Waals surface area contributed by atoms with Crippen LogP contribution in [0.4, 0.5) is 4.79 Å². The number of nitrogens with zero attached hydrogens (tertiary/aromatic N) is 3. The van der Waals surface area contributed by atoms with Crippen LogP contribution < -0.4 is 0 Å². The normalized spacial score (nSPS) is 18.0. The van der Waals surface area contributed by atoms with Crippen LogP contribution in [0.1, 0.15) is 6.92 Å². The molecule has 0 aromatic carbocycles. The van der Waals surface area contributed by atoms with Crippen LogP contribution in [0.2, 0.25) is 0 Å². The molecule has 1 fully saturated rings. The number of rotatable bonds is 5. The Hall–Kier alpha value is -0.310. The molecule has 0 radical (unpaired) electrons. The molecule has 1 rings (SSSR count). The van der Waals surface area contributed by atoms with Crippen molar-refractivity contribution in [2.24, 2.45) is 5.16 Å². The van der Waals surface area contributed by atoms with Gasteiger partial charge in [-0.05, 0) is 18.9 Å². The van der Waals surface area contributed by atoms with E-state index in [1.165, 1.54) is 40.0 Å². The van der Waals surface area contributed by atoms with Gasteiger partial charge in [0.15, 0.2) is 0 Å². The second-order valence-electron chi connectivity index (χ2n) is 4.63. The average molecular weight is 374 g/mol. The van der Waals surface area contributed by atoms with Crippen LogP contribution in [0, 0.1) is 0 Å². The first kappa shape index (κ1) is 18.7. The van der Waals surface area contributed by atoms with Crippen LogP contribution in [-0.4, -0.2) is 69.1 Å². The first-order valence-electron chi connectivity index (χ1n) is 6.05. The molecule has 120 valence electrons. The topological polar surface area (TPSA) is 62.2 Å². The fourth-order valence-electron chi connectivity index (χ4n) is 1.26. The highest BCUT2D eigenvalue weighted by atomic mass is 35.5. The van der Waals surface area contributed by atoms with E-state index in [9.17, 15) is 9.59 Å². The molecule has 10 heteroatoms. The lowest BCUT2D eigenvalue weighted by Crippen LogP contribution is -2.38. The Labute approximate surface area is 142 Å². The number of oxime groups is 1. The predicted octanol–water partition coefficient (Wildman–Crippen LogP) is 2.46. The number of halogens is 2. The van der Waals surface area contributed by atoms with Crippen LogP contribution >= 0.6 is 46.9 Å². The van der Waals surface area contributed by atoms with Crippen LogP contribution in [0.25, 0.3) is 0 Å². The van der Waals surface area contributed by atoms with Crippen LogP contribution in [0.3, 0.4) is 0 Å². The van der Waals surface area contributed by atoms with Crippen molar-refractivity contribution >= 4 is 64.0 Å². The molecule has 0 saturated carbocycles. The molecule has 1 saturated heterocycles. The highest BCUT2D eigenvalue weighted by molar-refractivity contribution is 8.15. The minimum absolute atomic E-state index is 0.174. The Bertz CT molecular complexity index is 433. The van der Waals surface area contributed by atoms with Gasteiger partial charge in [0, 0.05) is 38.2 Å². The lowest BCUT2D eigenvalue weighted by Gasteiger charge is -2.27. The van der Waals surface area contributed by atoms with Crippen molar-refractivity contribution < 1.29 is 14.4 Å². The summed E-state index contributed by atoms with van der Waals surface area (Å²) in [5.74, 6) is 1.04. The van der Waals surface area contributed by atoms with E-state index in [-0.39, 0.29) is 22.7 Å². The maximum absolute atomic E-state index is 11.8. The number of alkyl halides is 2. The maximum Gasteiger partial charge on any atom is 0.445 e. The third-order valence-electron chi connectivity index (χ3n) is 2.58. The molecule has 0 aliphatic carbocycles. The van der Waals surface area contributed by atoms with Gasteiger partial charge in [-0.3, -0.25) is 13.9 Å². The van der Waals surface area contributed by atoms with Crippen molar-refractivity contribution in [3.05, 3.63) is 0 Å². The molecule has 0 N–H and O–H groups in total. The van der Waals surface area contributed by atoms with Crippen molar-refractivity contribution in [2.75, 3.05) is 38.2 Å². The fraction of sp³-hybridized carbons (Fsp3) is 0.727. The van der Waals surface area contributed by atoms with E-state index in [1.54, 1.807) is 7.05 Å². The first-order chi connectivity index (χ1) is 9.83. The monoisotopic (exact) mass is 373 g/mol. The van der Waals surface area contributed by atoms with E-state index in [4.69, 9.17) is 28.0 Å². The fourth-order valence-corrected chi connectivity index (χ4v) is 3.63. The number of hydrogen-bond donors (Lipinski definition) is 0. The molecule has 0 unspecified atom stereocenters. The predicted molar refractivity (Wildman–Crippen MR) is 89.2 cm³/mol. The van der Waals surface area contributed by atoms with Gasteiger partial charge in [-0.25, -0.2) is 4.79 Å². The summed E-state index contributed by atoms with van der Waals surface area (Å²) in [4.78, 5) is 29.9. The number of amides is 2. The Morgan fingerprint density at radius 2 is 2.19 bits per heavy atom. The Balaban J connectivity index is 2.58. The van der Waals surface area contributed by atoms with Crippen LogP contribution in [0.15, 0.2) is 5.16 Å². The summed E-state index contributed by atoms with van der Waals surface area (Å²) < 4.78 is 0.774. The zero-order chi connectivity index (χ0) is 16.0. The van der Waals surface area contributed by atoms with E-state index in [0.717, 1.165) is 5.75 Å². The SMILES string of the molecule is CN1CCSC(=NOC(=O)N(C)SC(C)(CCl)CCl)C1=O. The van der Waals surface area contributed by atoms with Gasteiger partial charge in [-0.1, -0.05) is 16.9 Å². The highest BCUT2D eigenvalue weighted by Crippen LogP contribution is 2.30. The molecular formula is C11H17Cl2N3O3S2. The van der Waals surface area contributed by atoms with Gasteiger partial charge >= 0.3 is 6.09 Å². The molecule has 0 spiro atoms. The van der Waals surface area contributed by atoms with E-state index in [1.807, 2.05) is 6.92 Å². The molecule has 21 heavy (non-hydrogen) atoms. The molecule has 1 aliphatic heterocycles. The van der Waals surface area contributed by atoms with Gasteiger partial charge in [-0.2, -0.15) is 0 Å². The minimum atomic E-state index is -0.685. The Morgan fingerprint density at radius 3 is 2.76 bits per heavy atom. The standard InChI is InChI=1S/C11H17Cl2N3O3S2/c1-11(6-12,7-13)21-16(3)10(18)19-14-8-9(17)15(2)4-5-20-8/h4-7H2,1-3H3. The second-order valence-corrected chi connectivity index (χ2v) is 7.97. The third-order valence-corrected chi connectivity index (χ3v) is 6.14. The van der Waals surface area contributed by atoms with Crippen molar-refractivity contribution in [2.45, 2.75) is 11.7 Å². The quantitative estimate of drug-likeness (QED) is 0.320. The summed E-state index contributed by atoms with van der Waals surface area (Å²) in [6, 6.07) is 0. The molecular weight excluding hydrogens is 357 g/mol. The van der Waals surface area contributed by atoms with Gasteiger partial charge in [0.25, 0.3) is 5.91 Å². The second kappa shape index (κ2) is 8.36. The van der Waals surface area contributed by atoms with Crippen LogP contribution in [-0.2, 0) is 9.63 Å². The molecule has 0 atom stereocenters. The molecule has 6 nitrogen and oxygen atoms in total. The summed E-state index contributed by atoms with van der Waals surface area (Å²) in [6.07, 6.45) is -0.685. The van der Waals surface area contributed by atoms with Gasteiger partial charge < -0.3 is 4.90 Å². The summed E-state index contributed by atoms with van der Waals surface area (Å²) in [7, 11) is 3.21. The zero-order valence-corrected chi connectivity index (χ0v) is 15.1. The van der Waals surface area contributed by atoms with E-state index in [2.05, 4.69) is 5.16 Å². The molecule has 1 aliphatic rings. The molecule has 0 bridgehead atoms. The number of carbonyl (C=O) groups is 2. The van der Waals surface area contributed by atoms with Crippen molar-refractivity contribution in [3.8, 4) is 0 Å². The van der Waals surface area contributed by atoms with E-state index < -0.39 is 10.8 Å². The summed E-state index contributed by atoms with van der Waals surface area (Å²) >= 11 is 14.1. The highest BCUT2D eigenvalue weighted by Gasteiger charge is 2.29. The van der Waals surface area contributed by atoms with E-state index >= 15 is 0 Å². The summed E-state index contributed by atoms with van der Waals surface area (Å²) in [5.41, 5.74) is 0. The number of carbonyl (C=O) groups excluding carboxylic acids is 2. The molecule has 0 aromatic heterocycles. The summed E-state index contributed by atoms with van der Waals surface area (Å²) in [6.45, 7) is 2.48. The summed E-state index contributed by atoms with van der Waals surface area (Å²) in [5, 5.41) is 3.81. The Morgan fingerprint density at radius 1 is 1.57 bits per heavy atom. The van der Waals surface area contributed by atoms with Crippen LogP contribution in [0.5, 0.6) is 0 Å². The molecule has 0 aromatic rings. The largest absolute Gasteiger partial charge is 0.445 e. The van der Waals surface area contributed by atoms with Gasteiger partial charge in [-0.15, -0.1) is 23.2 Å². The Kier molecular flexibility index (Phi) is 7.46. The number of thioether (sulfide) groups is 1. The third kappa shape index (κ3) is 5.43. The number of hydrogen-bond acceptors (Lipinski definition) is 6. The van der Waals surface area contributed by atoms with E-state index in [0.29, 0.717) is 6.54 Å². The molecule has 1 heterocycles. The lowest BCUT2D eigenvalue weighted by molar-refractivity contribution is -0.122. The van der Waals surface area contributed by atoms with Gasteiger partial charge in [0.05, 0.1) is 4.75 Å². The molecule has 2 amide bonds. The van der Waals surface area contributed by atoms with Crippen molar-refractivity contribution in [1.82, 2.24) is 9.21 Å².